The quantitative estimate of drug-likeness (QED) is 0.744. The van der Waals surface area contributed by atoms with Gasteiger partial charge in [0.05, 0.1) is 5.60 Å². The van der Waals surface area contributed by atoms with E-state index in [1.807, 2.05) is 0 Å². The van der Waals surface area contributed by atoms with Crippen LogP contribution in [-0.4, -0.2) is 47.7 Å². The van der Waals surface area contributed by atoms with Gasteiger partial charge in [0.25, 0.3) is 0 Å². The number of hydrogen-bond acceptors (Lipinski definition) is 3. The van der Waals surface area contributed by atoms with E-state index in [1.54, 1.807) is 25.8 Å². The Hall–Kier alpha value is -0.610. The van der Waals surface area contributed by atoms with Crippen molar-refractivity contribution >= 4 is 5.91 Å². The number of piperidine rings is 1. The van der Waals surface area contributed by atoms with Crippen LogP contribution in [0.5, 0.6) is 0 Å². The van der Waals surface area contributed by atoms with Crippen LogP contribution in [0.25, 0.3) is 0 Å². The van der Waals surface area contributed by atoms with Crippen molar-refractivity contribution in [2.24, 2.45) is 5.92 Å². The monoisotopic (exact) mass is 228 g/mol. The molecular weight excluding hydrogens is 204 g/mol. The fourth-order valence-corrected chi connectivity index (χ4v) is 2.33. The van der Waals surface area contributed by atoms with Crippen molar-refractivity contribution in [2.75, 3.05) is 20.1 Å². The SMILES string of the molecule is CC1CC(C(=O)N(C)CC(C)(C)O)CCN1. The molecule has 1 amide bonds. The average molecular weight is 228 g/mol. The van der Waals surface area contributed by atoms with Gasteiger partial charge in [0.1, 0.15) is 0 Å². The van der Waals surface area contributed by atoms with Crippen LogP contribution in [0.3, 0.4) is 0 Å². The van der Waals surface area contributed by atoms with Crippen molar-refractivity contribution in [2.45, 2.75) is 45.3 Å². The maximum Gasteiger partial charge on any atom is 0.225 e. The normalized spacial score (nSPS) is 26.6. The van der Waals surface area contributed by atoms with Gasteiger partial charge >= 0.3 is 0 Å². The van der Waals surface area contributed by atoms with Crippen LogP contribution in [0.2, 0.25) is 0 Å². The summed E-state index contributed by atoms with van der Waals surface area (Å²) >= 11 is 0. The van der Waals surface area contributed by atoms with Gasteiger partial charge in [0, 0.05) is 25.6 Å². The number of nitrogens with one attached hydrogen (secondary N) is 1. The molecule has 0 saturated carbocycles. The first kappa shape index (κ1) is 13.5. The molecule has 2 unspecified atom stereocenters. The minimum Gasteiger partial charge on any atom is -0.389 e. The van der Waals surface area contributed by atoms with Gasteiger partial charge in [-0.1, -0.05) is 0 Å². The summed E-state index contributed by atoms with van der Waals surface area (Å²) in [5, 5.41) is 13.0. The summed E-state index contributed by atoms with van der Waals surface area (Å²) in [7, 11) is 1.77. The Bertz CT molecular complexity index is 248. The fraction of sp³-hybridized carbons (Fsp3) is 0.917. The Morgan fingerprint density at radius 3 is 2.69 bits per heavy atom. The van der Waals surface area contributed by atoms with Gasteiger partial charge in [0.15, 0.2) is 0 Å². The second-order valence-electron chi connectivity index (χ2n) is 5.58. The summed E-state index contributed by atoms with van der Waals surface area (Å²) in [6.07, 6.45) is 1.80. The molecule has 0 aliphatic carbocycles. The number of nitrogens with zero attached hydrogens (tertiary/aromatic N) is 1. The second-order valence-corrected chi connectivity index (χ2v) is 5.58. The lowest BCUT2D eigenvalue weighted by Gasteiger charge is -2.32. The zero-order valence-corrected chi connectivity index (χ0v) is 10.8. The molecule has 0 aromatic heterocycles. The molecule has 1 fully saturated rings. The number of rotatable bonds is 3. The molecule has 0 radical (unpaired) electrons. The Kier molecular flexibility index (Phi) is 4.33. The molecule has 1 heterocycles. The highest BCUT2D eigenvalue weighted by Crippen LogP contribution is 2.19. The van der Waals surface area contributed by atoms with Gasteiger partial charge in [0.2, 0.25) is 5.91 Å². The average Bonchev–Trinajstić information content (AvgIpc) is 2.14. The summed E-state index contributed by atoms with van der Waals surface area (Å²) in [6.45, 7) is 6.86. The molecule has 2 atom stereocenters. The number of amides is 1. The molecule has 0 bridgehead atoms. The van der Waals surface area contributed by atoms with E-state index in [1.165, 1.54) is 0 Å². The van der Waals surface area contributed by atoms with Gasteiger partial charge in [-0.15, -0.1) is 0 Å². The molecule has 4 nitrogen and oxygen atoms in total. The van der Waals surface area contributed by atoms with Crippen molar-refractivity contribution in [1.82, 2.24) is 10.2 Å². The number of aliphatic hydroxyl groups is 1. The molecular formula is C12H24N2O2. The standard InChI is InChI=1S/C12H24N2O2/c1-9-7-10(5-6-13-9)11(15)14(4)8-12(2,3)16/h9-10,13,16H,5-8H2,1-4H3. The molecule has 1 rings (SSSR count). The predicted molar refractivity (Wildman–Crippen MR) is 64.1 cm³/mol. The first-order valence-corrected chi connectivity index (χ1v) is 6.00. The lowest BCUT2D eigenvalue weighted by atomic mass is 9.92. The minimum absolute atomic E-state index is 0.114. The van der Waals surface area contributed by atoms with E-state index in [0.717, 1.165) is 19.4 Å². The van der Waals surface area contributed by atoms with E-state index in [0.29, 0.717) is 12.6 Å². The van der Waals surface area contributed by atoms with Gasteiger partial charge in [-0.3, -0.25) is 4.79 Å². The molecule has 4 heteroatoms. The van der Waals surface area contributed by atoms with Crippen LogP contribution >= 0.6 is 0 Å². The highest BCUT2D eigenvalue weighted by molar-refractivity contribution is 5.78. The molecule has 1 saturated heterocycles. The topological polar surface area (TPSA) is 52.6 Å². The third-order valence-corrected chi connectivity index (χ3v) is 2.97. The van der Waals surface area contributed by atoms with E-state index in [4.69, 9.17) is 0 Å². The van der Waals surface area contributed by atoms with Gasteiger partial charge < -0.3 is 15.3 Å². The van der Waals surface area contributed by atoms with Gasteiger partial charge in [-0.25, -0.2) is 0 Å². The van der Waals surface area contributed by atoms with E-state index >= 15 is 0 Å². The Balaban J connectivity index is 2.49. The van der Waals surface area contributed by atoms with Crippen molar-refractivity contribution in [3.63, 3.8) is 0 Å². The highest BCUT2D eigenvalue weighted by Gasteiger charge is 2.28. The second kappa shape index (κ2) is 5.15. The van der Waals surface area contributed by atoms with E-state index in [-0.39, 0.29) is 11.8 Å². The van der Waals surface area contributed by atoms with E-state index in [2.05, 4.69) is 12.2 Å². The zero-order chi connectivity index (χ0) is 12.3. The highest BCUT2D eigenvalue weighted by atomic mass is 16.3. The molecule has 16 heavy (non-hydrogen) atoms. The summed E-state index contributed by atoms with van der Waals surface area (Å²) in [5.41, 5.74) is -0.817. The number of carbonyl (C=O) groups is 1. The molecule has 2 N–H and O–H groups in total. The minimum atomic E-state index is -0.817. The van der Waals surface area contributed by atoms with Crippen LogP contribution in [-0.2, 0) is 4.79 Å². The van der Waals surface area contributed by atoms with Crippen molar-refractivity contribution < 1.29 is 9.90 Å². The Labute approximate surface area is 98.0 Å². The van der Waals surface area contributed by atoms with Crippen LogP contribution < -0.4 is 5.32 Å². The van der Waals surface area contributed by atoms with E-state index < -0.39 is 5.60 Å². The first-order valence-electron chi connectivity index (χ1n) is 6.00. The van der Waals surface area contributed by atoms with Crippen molar-refractivity contribution in [1.29, 1.82) is 0 Å². The summed E-state index contributed by atoms with van der Waals surface area (Å²) < 4.78 is 0. The van der Waals surface area contributed by atoms with Gasteiger partial charge in [-0.2, -0.15) is 0 Å². The zero-order valence-electron chi connectivity index (χ0n) is 10.8. The van der Waals surface area contributed by atoms with Crippen LogP contribution in [0.4, 0.5) is 0 Å². The van der Waals surface area contributed by atoms with Crippen LogP contribution in [0.15, 0.2) is 0 Å². The number of hydrogen-bond donors (Lipinski definition) is 2. The Morgan fingerprint density at radius 1 is 1.56 bits per heavy atom. The molecule has 0 aromatic carbocycles. The van der Waals surface area contributed by atoms with Crippen molar-refractivity contribution in [3.8, 4) is 0 Å². The molecule has 0 aromatic rings. The first-order chi connectivity index (χ1) is 7.29. The van der Waals surface area contributed by atoms with Crippen LogP contribution in [0, 0.1) is 5.92 Å². The maximum absolute atomic E-state index is 12.1. The fourth-order valence-electron chi connectivity index (χ4n) is 2.33. The third kappa shape index (κ3) is 4.10. The smallest absolute Gasteiger partial charge is 0.225 e. The Morgan fingerprint density at radius 2 is 2.19 bits per heavy atom. The summed E-state index contributed by atoms with van der Waals surface area (Å²) in [6, 6.07) is 0.415. The summed E-state index contributed by atoms with van der Waals surface area (Å²) in [5.74, 6) is 0.277. The molecule has 0 spiro atoms. The molecule has 1 aliphatic rings. The largest absolute Gasteiger partial charge is 0.389 e. The lowest BCUT2D eigenvalue weighted by Crippen LogP contribution is -2.46. The number of likely N-dealkylation sites (N-methyl/N-ethyl adjacent to an activating group) is 1. The van der Waals surface area contributed by atoms with Crippen molar-refractivity contribution in [3.05, 3.63) is 0 Å². The third-order valence-electron chi connectivity index (χ3n) is 2.97. The molecule has 1 aliphatic heterocycles. The maximum atomic E-state index is 12.1. The summed E-state index contributed by atoms with van der Waals surface area (Å²) in [4.78, 5) is 13.8. The lowest BCUT2D eigenvalue weighted by molar-refractivity contribution is -0.138. The predicted octanol–water partition coefficient (Wildman–Crippen LogP) is 0.604. The molecule has 94 valence electrons. The van der Waals surface area contributed by atoms with Crippen LogP contribution in [0.1, 0.15) is 33.6 Å². The number of carbonyl (C=O) groups excluding carboxylic acids is 1. The van der Waals surface area contributed by atoms with E-state index in [9.17, 15) is 9.90 Å². The van der Waals surface area contributed by atoms with Gasteiger partial charge in [-0.05, 0) is 40.2 Å².